The minimum Gasteiger partial charge on any atom is -0.497 e. The fraction of sp³-hybridized carbons (Fsp3) is 0.190. The number of benzene rings is 2. The molecule has 30 heavy (non-hydrogen) atoms. The Morgan fingerprint density at radius 3 is 2.57 bits per heavy atom. The van der Waals surface area contributed by atoms with Crippen LogP contribution in [0.5, 0.6) is 11.5 Å². The Morgan fingerprint density at radius 1 is 1.10 bits per heavy atom. The number of fused-ring (bicyclic) bond motifs is 1. The number of hydrogen-bond donors (Lipinski definition) is 1. The molecule has 1 amide bonds. The van der Waals surface area contributed by atoms with Crippen molar-refractivity contribution in [3.63, 3.8) is 0 Å². The lowest BCUT2D eigenvalue weighted by Crippen LogP contribution is -2.16. The van der Waals surface area contributed by atoms with Crippen LogP contribution in [0.2, 0.25) is 0 Å². The highest BCUT2D eigenvalue weighted by Gasteiger charge is 2.15. The van der Waals surface area contributed by atoms with Crippen LogP contribution in [0.1, 0.15) is 5.69 Å². The summed E-state index contributed by atoms with van der Waals surface area (Å²) in [7, 11) is 3.26. The van der Waals surface area contributed by atoms with Crippen molar-refractivity contribution in [1.29, 1.82) is 0 Å². The summed E-state index contributed by atoms with van der Waals surface area (Å²) in [6, 6.07) is 15.2. The molecule has 0 spiro atoms. The van der Waals surface area contributed by atoms with E-state index in [2.05, 4.69) is 15.4 Å². The molecule has 154 valence electrons. The molecular formula is C21H20N4O3S2. The number of methoxy groups -OCH3 is 2. The van der Waals surface area contributed by atoms with E-state index in [1.165, 1.54) is 23.1 Å². The average Bonchev–Trinajstić information content (AvgIpc) is 3.34. The minimum atomic E-state index is -0.111. The summed E-state index contributed by atoms with van der Waals surface area (Å²) in [6.07, 6.45) is 0. The van der Waals surface area contributed by atoms with Crippen LogP contribution in [0.25, 0.3) is 15.3 Å². The van der Waals surface area contributed by atoms with Gasteiger partial charge in [0.05, 0.1) is 35.9 Å². The van der Waals surface area contributed by atoms with Gasteiger partial charge in [-0.15, -0.1) is 11.8 Å². The summed E-state index contributed by atoms with van der Waals surface area (Å²) < 4.78 is 13.1. The van der Waals surface area contributed by atoms with E-state index in [0.29, 0.717) is 10.9 Å². The number of aryl methyl sites for hydroxylation is 1. The lowest BCUT2D eigenvalue weighted by molar-refractivity contribution is -0.113. The van der Waals surface area contributed by atoms with Gasteiger partial charge in [-0.05, 0) is 49.4 Å². The molecule has 0 unspecified atom stereocenters. The van der Waals surface area contributed by atoms with E-state index in [0.717, 1.165) is 32.3 Å². The van der Waals surface area contributed by atoms with Gasteiger partial charge in [0.1, 0.15) is 17.3 Å². The molecule has 0 saturated heterocycles. The molecule has 0 fully saturated rings. The predicted molar refractivity (Wildman–Crippen MR) is 120 cm³/mol. The van der Waals surface area contributed by atoms with Crippen LogP contribution in [0.4, 0.5) is 5.82 Å². The van der Waals surface area contributed by atoms with Gasteiger partial charge in [0.2, 0.25) is 11.0 Å². The number of ether oxygens (including phenoxy) is 2. The Balaban J connectivity index is 1.49. The van der Waals surface area contributed by atoms with E-state index in [4.69, 9.17) is 9.47 Å². The van der Waals surface area contributed by atoms with Crippen LogP contribution in [0, 0.1) is 6.92 Å². The van der Waals surface area contributed by atoms with Crippen molar-refractivity contribution in [1.82, 2.24) is 14.8 Å². The van der Waals surface area contributed by atoms with E-state index in [-0.39, 0.29) is 11.7 Å². The predicted octanol–water partition coefficient (Wildman–Crippen LogP) is 4.54. The van der Waals surface area contributed by atoms with Gasteiger partial charge >= 0.3 is 0 Å². The fourth-order valence-corrected chi connectivity index (χ4v) is 4.50. The zero-order chi connectivity index (χ0) is 21.1. The van der Waals surface area contributed by atoms with Crippen LogP contribution in [0.3, 0.4) is 0 Å². The molecule has 9 heteroatoms. The van der Waals surface area contributed by atoms with Crippen LogP contribution in [-0.4, -0.2) is 40.6 Å². The Labute approximate surface area is 182 Å². The molecule has 2 aromatic heterocycles. The molecule has 1 N–H and O–H groups in total. The number of nitrogens with zero attached hydrogens (tertiary/aromatic N) is 3. The third-order valence-corrected chi connectivity index (χ3v) is 6.30. The highest BCUT2D eigenvalue weighted by molar-refractivity contribution is 8.00. The number of thioether (sulfide) groups is 1. The second-order valence-corrected chi connectivity index (χ2v) is 8.48. The Kier molecular flexibility index (Phi) is 5.91. The topological polar surface area (TPSA) is 78.3 Å². The standard InChI is InChI=1S/C21H20N4O3S2/c1-13-10-19(23-20(26)12-29-16-7-4-14(27-2)5-8-16)25(24-13)21-22-17-9-6-15(28-3)11-18(17)30-21/h4-11H,12H2,1-3H3,(H,23,26). The number of anilines is 1. The zero-order valence-electron chi connectivity index (χ0n) is 16.7. The maximum Gasteiger partial charge on any atom is 0.235 e. The SMILES string of the molecule is COc1ccc(SCC(=O)Nc2cc(C)nn2-c2nc3ccc(OC)cc3s2)cc1. The maximum atomic E-state index is 12.5. The highest BCUT2D eigenvalue weighted by Crippen LogP contribution is 2.30. The molecule has 2 aromatic carbocycles. The highest BCUT2D eigenvalue weighted by atomic mass is 32.2. The first-order valence-corrected chi connectivity index (χ1v) is 10.9. The molecule has 0 radical (unpaired) electrons. The van der Waals surface area contributed by atoms with Crippen molar-refractivity contribution in [2.45, 2.75) is 11.8 Å². The number of aromatic nitrogens is 3. The third kappa shape index (κ3) is 4.42. The first-order valence-electron chi connectivity index (χ1n) is 9.14. The number of carbonyl (C=O) groups excluding carboxylic acids is 1. The lowest BCUT2D eigenvalue weighted by atomic mass is 10.3. The number of rotatable bonds is 7. The van der Waals surface area contributed by atoms with Gasteiger partial charge in [0.25, 0.3) is 0 Å². The summed E-state index contributed by atoms with van der Waals surface area (Å²) in [6.45, 7) is 1.88. The molecule has 0 aliphatic heterocycles. The smallest absolute Gasteiger partial charge is 0.235 e. The molecular weight excluding hydrogens is 420 g/mol. The molecule has 0 aliphatic rings. The second-order valence-electron chi connectivity index (χ2n) is 6.43. The normalized spacial score (nSPS) is 10.9. The van der Waals surface area contributed by atoms with Gasteiger partial charge < -0.3 is 14.8 Å². The molecule has 0 atom stereocenters. The molecule has 0 saturated carbocycles. The van der Waals surface area contributed by atoms with Crippen LogP contribution in [-0.2, 0) is 4.79 Å². The number of nitrogens with one attached hydrogen (secondary N) is 1. The van der Waals surface area contributed by atoms with Crippen molar-refractivity contribution in [3.8, 4) is 16.6 Å². The van der Waals surface area contributed by atoms with Crippen LogP contribution >= 0.6 is 23.1 Å². The summed E-state index contributed by atoms with van der Waals surface area (Å²) in [5.41, 5.74) is 1.65. The fourth-order valence-electron chi connectivity index (χ4n) is 2.84. The zero-order valence-corrected chi connectivity index (χ0v) is 18.3. The lowest BCUT2D eigenvalue weighted by Gasteiger charge is -2.07. The summed E-state index contributed by atoms with van der Waals surface area (Å²) in [4.78, 5) is 18.2. The number of hydrogen-bond acceptors (Lipinski definition) is 7. The summed E-state index contributed by atoms with van der Waals surface area (Å²) >= 11 is 2.95. The molecule has 0 bridgehead atoms. The largest absolute Gasteiger partial charge is 0.497 e. The minimum absolute atomic E-state index is 0.111. The molecule has 4 aromatic rings. The first-order chi connectivity index (χ1) is 14.6. The number of amides is 1. The summed E-state index contributed by atoms with van der Waals surface area (Å²) in [5.74, 6) is 2.34. The number of thiazole rings is 1. The second kappa shape index (κ2) is 8.76. The maximum absolute atomic E-state index is 12.5. The number of carbonyl (C=O) groups is 1. The Morgan fingerprint density at radius 2 is 1.83 bits per heavy atom. The molecule has 0 aliphatic carbocycles. The van der Waals surface area contributed by atoms with E-state index < -0.39 is 0 Å². The molecule has 2 heterocycles. The Hall–Kier alpha value is -3.04. The summed E-state index contributed by atoms with van der Waals surface area (Å²) in [5, 5.41) is 8.14. The first kappa shape index (κ1) is 20.2. The monoisotopic (exact) mass is 440 g/mol. The van der Waals surface area contributed by atoms with Gasteiger partial charge in [-0.3, -0.25) is 4.79 Å². The van der Waals surface area contributed by atoms with Crippen LogP contribution < -0.4 is 14.8 Å². The van der Waals surface area contributed by atoms with E-state index in [1.54, 1.807) is 18.9 Å². The quantitative estimate of drug-likeness (QED) is 0.425. The van der Waals surface area contributed by atoms with Gasteiger partial charge in [0.15, 0.2) is 0 Å². The Bertz CT molecular complexity index is 1180. The van der Waals surface area contributed by atoms with Crippen molar-refractivity contribution in [2.24, 2.45) is 0 Å². The molecule has 4 rings (SSSR count). The van der Waals surface area contributed by atoms with Crippen molar-refractivity contribution < 1.29 is 14.3 Å². The van der Waals surface area contributed by atoms with Gasteiger partial charge in [-0.25, -0.2) is 4.98 Å². The van der Waals surface area contributed by atoms with Crippen molar-refractivity contribution in [3.05, 3.63) is 54.2 Å². The van der Waals surface area contributed by atoms with Crippen molar-refractivity contribution >= 4 is 45.0 Å². The van der Waals surface area contributed by atoms with Gasteiger partial charge in [0, 0.05) is 11.0 Å². The van der Waals surface area contributed by atoms with E-state index in [1.807, 2.05) is 55.5 Å². The van der Waals surface area contributed by atoms with Crippen LogP contribution in [0.15, 0.2) is 53.4 Å². The van der Waals surface area contributed by atoms with E-state index >= 15 is 0 Å². The van der Waals surface area contributed by atoms with E-state index in [9.17, 15) is 4.79 Å². The van der Waals surface area contributed by atoms with Crippen molar-refractivity contribution in [2.75, 3.05) is 25.3 Å². The molecule has 7 nitrogen and oxygen atoms in total. The third-order valence-electron chi connectivity index (χ3n) is 4.29. The average molecular weight is 441 g/mol. The van der Waals surface area contributed by atoms with Gasteiger partial charge in [-0.2, -0.15) is 9.78 Å². The van der Waals surface area contributed by atoms with Gasteiger partial charge in [-0.1, -0.05) is 11.3 Å².